The molecule has 8 nitrogen and oxygen atoms in total. The molecule has 25 heavy (non-hydrogen) atoms. The third kappa shape index (κ3) is 3.65. The summed E-state index contributed by atoms with van der Waals surface area (Å²) in [5.74, 6) is 0.588. The first kappa shape index (κ1) is 21.0. The van der Waals surface area contributed by atoms with Gasteiger partial charge in [0.25, 0.3) is 11.8 Å². The van der Waals surface area contributed by atoms with Crippen molar-refractivity contribution >= 4 is 36.4 Å². The SMILES string of the molecule is COc1cc(C(=O)N2CCC(N)c3c2cnn3C)cnc1OC.Cl.Cl. The van der Waals surface area contributed by atoms with Gasteiger partial charge in [0.15, 0.2) is 5.75 Å². The number of nitrogens with two attached hydrogens (primary N) is 1. The van der Waals surface area contributed by atoms with E-state index in [0.717, 1.165) is 11.4 Å². The zero-order valence-electron chi connectivity index (χ0n) is 14.1. The van der Waals surface area contributed by atoms with E-state index in [-0.39, 0.29) is 36.8 Å². The largest absolute Gasteiger partial charge is 0.491 e. The lowest BCUT2D eigenvalue weighted by Gasteiger charge is -2.30. The minimum Gasteiger partial charge on any atom is -0.491 e. The summed E-state index contributed by atoms with van der Waals surface area (Å²) in [4.78, 5) is 18.7. The zero-order valence-corrected chi connectivity index (χ0v) is 15.8. The highest BCUT2D eigenvalue weighted by Gasteiger charge is 2.31. The van der Waals surface area contributed by atoms with Crippen molar-refractivity contribution in [3.8, 4) is 11.6 Å². The van der Waals surface area contributed by atoms with Gasteiger partial charge in [-0.25, -0.2) is 4.98 Å². The van der Waals surface area contributed by atoms with Crippen molar-refractivity contribution in [1.82, 2.24) is 14.8 Å². The number of carbonyl (C=O) groups is 1. The smallest absolute Gasteiger partial charge is 0.260 e. The van der Waals surface area contributed by atoms with Crippen LogP contribution in [-0.2, 0) is 7.05 Å². The zero-order chi connectivity index (χ0) is 16.6. The number of aromatic nitrogens is 3. The van der Waals surface area contributed by atoms with E-state index in [9.17, 15) is 4.79 Å². The molecule has 3 rings (SSSR count). The molecule has 10 heteroatoms. The number of halogens is 2. The molecule has 1 unspecified atom stereocenters. The van der Waals surface area contributed by atoms with Gasteiger partial charge >= 0.3 is 0 Å². The van der Waals surface area contributed by atoms with Gasteiger partial charge in [-0.3, -0.25) is 9.48 Å². The van der Waals surface area contributed by atoms with Gasteiger partial charge in [-0.05, 0) is 6.42 Å². The van der Waals surface area contributed by atoms with Crippen LogP contribution in [0.5, 0.6) is 11.6 Å². The van der Waals surface area contributed by atoms with E-state index >= 15 is 0 Å². The average molecular weight is 390 g/mol. The maximum absolute atomic E-state index is 12.9. The predicted octanol–water partition coefficient (Wildman–Crippen LogP) is 1.73. The predicted molar refractivity (Wildman–Crippen MR) is 98.3 cm³/mol. The van der Waals surface area contributed by atoms with Crippen LogP contribution < -0.4 is 20.1 Å². The number of amides is 1. The van der Waals surface area contributed by atoms with Crippen molar-refractivity contribution in [1.29, 1.82) is 0 Å². The van der Waals surface area contributed by atoms with Gasteiger partial charge in [0.1, 0.15) is 0 Å². The monoisotopic (exact) mass is 389 g/mol. The maximum Gasteiger partial charge on any atom is 0.260 e. The van der Waals surface area contributed by atoms with Gasteiger partial charge in [-0.1, -0.05) is 0 Å². The van der Waals surface area contributed by atoms with Crippen LogP contribution in [0.15, 0.2) is 18.5 Å². The lowest BCUT2D eigenvalue weighted by Crippen LogP contribution is -2.38. The molecule has 2 aromatic rings. The van der Waals surface area contributed by atoms with Crippen molar-refractivity contribution in [3.63, 3.8) is 0 Å². The minimum absolute atomic E-state index is 0. The number of pyridine rings is 1. The van der Waals surface area contributed by atoms with Gasteiger partial charge in [-0.2, -0.15) is 5.10 Å². The molecule has 1 aliphatic rings. The molecule has 1 atom stereocenters. The van der Waals surface area contributed by atoms with Crippen LogP contribution in [0.1, 0.15) is 28.5 Å². The molecular weight excluding hydrogens is 369 g/mol. The van der Waals surface area contributed by atoms with Crippen LogP contribution in [-0.4, -0.2) is 41.4 Å². The third-order valence-electron chi connectivity index (χ3n) is 3.99. The highest BCUT2D eigenvalue weighted by Crippen LogP contribution is 2.33. The van der Waals surface area contributed by atoms with E-state index in [1.807, 2.05) is 7.05 Å². The summed E-state index contributed by atoms with van der Waals surface area (Å²) in [6, 6.07) is 1.50. The number of carbonyl (C=O) groups excluding carboxylic acids is 1. The molecule has 0 bridgehead atoms. The van der Waals surface area contributed by atoms with Gasteiger partial charge in [0.2, 0.25) is 0 Å². The average Bonchev–Trinajstić information content (AvgIpc) is 2.96. The Morgan fingerprint density at radius 1 is 1.28 bits per heavy atom. The second-order valence-corrected chi connectivity index (χ2v) is 5.33. The molecule has 2 N–H and O–H groups in total. The molecule has 1 aliphatic heterocycles. The highest BCUT2D eigenvalue weighted by molar-refractivity contribution is 6.06. The van der Waals surface area contributed by atoms with E-state index in [2.05, 4.69) is 10.1 Å². The number of nitrogens with zero attached hydrogens (tertiary/aromatic N) is 4. The fourth-order valence-corrected chi connectivity index (χ4v) is 2.81. The fraction of sp³-hybridized carbons (Fsp3) is 0.400. The number of ether oxygens (including phenoxy) is 2. The number of aryl methyl sites for hydroxylation is 1. The molecule has 0 radical (unpaired) electrons. The molecule has 3 heterocycles. The molecule has 0 spiro atoms. The van der Waals surface area contributed by atoms with Gasteiger partial charge in [-0.15, -0.1) is 24.8 Å². The summed E-state index contributed by atoms with van der Waals surface area (Å²) < 4.78 is 12.0. The molecular formula is C15H21Cl2N5O3. The van der Waals surface area contributed by atoms with Crippen LogP contribution in [0.2, 0.25) is 0 Å². The van der Waals surface area contributed by atoms with Crippen LogP contribution >= 0.6 is 24.8 Å². The maximum atomic E-state index is 12.9. The molecule has 0 saturated carbocycles. The fourth-order valence-electron chi connectivity index (χ4n) is 2.81. The Kier molecular flexibility index (Phi) is 7.04. The summed E-state index contributed by atoms with van der Waals surface area (Å²) in [6.45, 7) is 0.535. The number of fused-ring (bicyclic) bond motifs is 1. The highest BCUT2D eigenvalue weighted by atomic mass is 35.5. The first-order chi connectivity index (χ1) is 11.1. The van der Waals surface area contributed by atoms with E-state index < -0.39 is 0 Å². The topological polar surface area (TPSA) is 95.5 Å². The standard InChI is InChI=1S/C15H19N5O3.2ClH/c1-19-13-10(16)4-5-20(11(13)8-18-19)15(21)9-6-12(22-2)14(23-3)17-7-9;;/h6-8,10H,4-5,16H2,1-3H3;2*1H. The van der Waals surface area contributed by atoms with E-state index in [4.69, 9.17) is 15.2 Å². The molecule has 138 valence electrons. The van der Waals surface area contributed by atoms with Crippen LogP contribution in [0, 0.1) is 0 Å². The molecule has 0 aliphatic carbocycles. The number of hydrogen-bond donors (Lipinski definition) is 1. The summed E-state index contributed by atoms with van der Waals surface area (Å²) in [5, 5.41) is 4.22. The summed E-state index contributed by atoms with van der Waals surface area (Å²) in [5.41, 5.74) is 8.15. The molecule has 0 aromatic carbocycles. The summed E-state index contributed by atoms with van der Waals surface area (Å²) in [6.07, 6.45) is 3.83. The number of methoxy groups -OCH3 is 2. The van der Waals surface area contributed by atoms with Crippen molar-refractivity contribution < 1.29 is 14.3 Å². The van der Waals surface area contributed by atoms with E-state index in [1.165, 1.54) is 20.4 Å². The summed E-state index contributed by atoms with van der Waals surface area (Å²) in [7, 11) is 4.83. The van der Waals surface area contributed by atoms with Crippen LogP contribution in [0.25, 0.3) is 0 Å². The van der Waals surface area contributed by atoms with E-state index in [0.29, 0.717) is 30.2 Å². The normalized spacial score (nSPS) is 15.5. The van der Waals surface area contributed by atoms with Crippen LogP contribution in [0.3, 0.4) is 0 Å². The Hall–Kier alpha value is -2.03. The lowest BCUT2D eigenvalue weighted by molar-refractivity contribution is 0.0983. The quantitative estimate of drug-likeness (QED) is 0.858. The Bertz CT molecular complexity index is 753. The van der Waals surface area contributed by atoms with Gasteiger partial charge < -0.3 is 20.1 Å². The Morgan fingerprint density at radius 3 is 2.64 bits per heavy atom. The summed E-state index contributed by atoms with van der Waals surface area (Å²) >= 11 is 0. The lowest BCUT2D eigenvalue weighted by atomic mass is 10.0. The van der Waals surface area contributed by atoms with Crippen molar-refractivity contribution in [2.24, 2.45) is 12.8 Å². The molecule has 1 amide bonds. The molecule has 2 aromatic heterocycles. The van der Waals surface area contributed by atoms with Gasteiger partial charge in [0.05, 0.1) is 43.4 Å². The Morgan fingerprint density at radius 2 is 2.00 bits per heavy atom. The first-order valence-electron chi connectivity index (χ1n) is 7.24. The van der Waals surface area contributed by atoms with Crippen molar-refractivity contribution in [3.05, 3.63) is 29.7 Å². The Labute approximate surface area is 158 Å². The second kappa shape index (κ2) is 8.37. The first-order valence-corrected chi connectivity index (χ1v) is 7.24. The Balaban J connectivity index is 0.00000156. The third-order valence-corrected chi connectivity index (χ3v) is 3.99. The minimum atomic E-state index is -0.167. The van der Waals surface area contributed by atoms with Crippen molar-refractivity contribution in [2.45, 2.75) is 12.5 Å². The molecule has 0 fully saturated rings. The van der Waals surface area contributed by atoms with Gasteiger partial charge in [0, 0.05) is 25.9 Å². The van der Waals surface area contributed by atoms with Crippen molar-refractivity contribution in [2.75, 3.05) is 25.7 Å². The number of anilines is 1. The second-order valence-electron chi connectivity index (χ2n) is 5.33. The molecule has 0 saturated heterocycles. The number of hydrogen-bond acceptors (Lipinski definition) is 6. The van der Waals surface area contributed by atoms with E-state index in [1.54, 1.807) is 21.8 Å². The number of rotatable bonds is 3. The van der Waals surface area contributed by atoms with Crippen LogP contribution in [0.4, 0.5) is 5.69 Å².